The van der Waals surface area contributed by atoms with Crippen LogP contribution in [0.3, 0.4) is 0 Å². The van der Waals surface area contributed by atoms with E-state index >= 15 is 0 Å². The van der Waals surface area contributed by atoms with Gasteiger partial charge in [-0.1, -0.05) is 11.2 Å². The Kier molecular flexibility index (Phi) is 4.04. The van der Waals surface area contributed by atoms with Crippen molar-refractivity contribution in [1.29, 1.82) is 0 Å². The summed E-state index contributed by atoms with van der Waals surface area (Å²) in [4.78, 5) is 14.6. The van der Waals surface area contributed by atoms with E-state index in [-0.39, 0.29) is 18.0 Å². The molecule has 0 aliphatic heterocycles. The third-order valence-corrected chi connectivity index (χ3v) is 3.44. The summed E-state index contributed by atoms with van der Waals surface area (Å²) in [6.45, 7) is 1.94. The molecular weight excluding hydrogens is 323 g/mol. The summed E-state index contributed by atoms with van der Waals surface area (Å²) in [6, 6.07) is 8.15. The molecule has 0 saturated heterocycles. The number of carbonyl (C=O) groups is 1. The molecule has 2 aromatic heterocycles. The second kappa shape index (κ2) is 6.03. The first-order chi connectivity index (χ1) is 11.3. The van der Waals surface area contributed by atoms with Gasteiger partial charge in [-0.25, -0.2) is 0 Å². The number of aryl methyl sites for hydroxylation is 1. The summed E-state index contributed by atoms with van der Waals surface area (Å²) >= 11 is 0. The van der Waals surface area contributed by atoms with Crippen molar-refractivity contribution >= 4 is 16.8 Å². The largest absolute Gasteiger partial charge is 0.394 e. The third-order valence-electron chi connectivity index (χ3n) is 3.44. The number of H-pyrrole nitrogens is 1. The highest BCUT2D eigenvalue weighted by atomic mass is 19.4. The predicted molar refractivity (Wildman–Crippen MR) is 80.5 cm³/mol. The van der Waals surface area contributed by atoms with Gasteiger partial charge in [0, 0.05) is 23.8 Å². The molecule has 0 spiro atoms. The Morgan fingerprint density at radius 1 is 1.29 bits per heavy atom. The van der Waals surface area contributed by atoms with Gasteiger partial charge < -0.3 is 14.8 Å². The van der Waals surface area contributed by atoms with E-state index in [2.05, 4.69) is 15.5 Å². The Morgan fingerprint density at radius 3 is 2.75 bits per heavy atom. The van der Waals surface area contributed by atoms with Crippen molar-refractivity contribution in [2.75, 3.05) is 0 Å². The molecular formula is C16H14F3N3O2. The second-order valence-corrected chi connectivity index (χ2v) is 5.52. The van der Waals surface area contributed by atoms with Gasteiger partial charge in [0.1, 0.15) is 0 Å². The summed E-state index contributed by atoms with van der Waals surface area (Å²) in [5.74, 6) is -0.287. The molecule has 2 N–H and O–H groups in total. The minimum absolute atomic E-state index is 0.107. The summed E-state index contributed by atoms with van der Waals surface area (Å²) in [7, 11) is 0. The first-order valence-corrected chi connectivity index (χ1v) is 7.19. The molecule has 3 rings (SSSR count). The lowest BCUT2D eigenvalue weighted by Gasteiger charge is -2.03. The molecule has 5 nitrogen and oxygen atoms in total. The number of alkyl halides is 3. The summed E-state index contributed by atoms with van der Waals surface area (Å²) in [5, 5.41) is 6.97. The van der Waals surface area contributed by atoms with E-state index in [1.165, 1.54) is 12.1 Å². The van der Waals surface area contributed by atoms with Gasteiger partial charge in [-0.15, -0.1) is 0 Å². The first-order valence-electron chi connectivity index (χ1n) is 7.19. The highest BCUT2D eigenvalue weighted by Crippen LogP contribution is 2.24. The molecule has 1 amide bonds. The molecule has 0 aliphatic rings. The molecule has 126 valence electrons. The summed E-state index contributed by atoms with van der Waals surface area (Å²) < 4.78 is 42.2. The fourth-order valence-electron chi connectivity index (χ4n) is 2.40. The predicted octanol–water partition coefficient (Wildman–Crippen LogP) is 3.50. The fourth-order valence-corrected chi connectivity index (χ4v) is 2.40. The van der Waals surface area contributed by atoms with Crippen LogP contribution in [-0.4, -0.2) is 22.2 Å². The second-order valence-electron chi connectivity index (χ2n) is 5.52. The van der Waals surface area contributed by atoms with Gasteiger partial charge in [0.05, 0.1) is 12.1 Å². The smallest absolute Gasteiger partial charge is 0.358 e. The molecule has 0 fully saturated rings. The maximum atomic E-state index is 12.4. The van der Waals surface area contributed by atoms with Gasteiger partial charge in [0.25, 0.3) is 5.91 Å². The molecule has 0 aliphatic carbocycles. The number of aromatic nitrogens is 2. The van der Waals surface area contributed by atoms with Crippen molar-refractivity contribution in [3.63, 3.8) is 0 Å². The Labute approximate surface area is 134 Å². The molecule has 8 heteroatoms. The van der Waals surface area contributed by atoms with Crippen molar-refractivity contribution in [1.82, 2.24) is 15.5 Å². The molecule has 0 atom stereocenters. The van der Waals surface area contributed by atoms with Gasteiger partial charge in [-0.3, -0.25) is 4.79 Å². The number of halogens is 3. The number of fused-ring (bicyclic) bond motifs is 1. The van der Waals surface area contributed by atoms with Crippen LogP contribution in [0.4, 0.5) is 13.2 Å². The van der Waals surface area contributed by atoms with Crippen molar-refractivity contribution in [2.45, 2.75) is 26.1 Å². The Morgan fingerprint density at radius 2 is 2.08 bits per heavy atom. The van der Waals surface area contributed by atoms with Gasteiger partial charge in [0.2, 0.25) is 5.76 Å². The van der Waals surface area contributed by atoms with Crippen molar-refractivity contribution in [2.24, 2.45) is 0 Å². The molecule has 1 aromatic carbocycles. The highest BCUT2D eigenvalue weighted by molar-refractivity contribution is 5.91. The summed E-state index contributed by atoms with van der Waals surface area (Å²) in [5.41, 5.74) is 2.10. The van der Waals surface area contributed by atoms with Crippen molar-refractivity contribution < 1.29 is 22.5 Å². The van der Waals surface area contributed by atoms with E-state index in [1.54, 1.807) is 25.1 Å². The number of carbonyl (C=O) groups excluding carboxylic acids is 1. The molecule has 3 aromatic rings. The number of hydrogen-bond acceptors (Lipinski definition) is 3. The number of nitrogens with zero attached hydrogens (tertiary/aromatic N) is 1. The molecule has 24 heavy (non-hydrogen) atoms. The van der Waals surface area contributed by atoms with Gasteiger partial charge in [-0.2, -0.15) is 13.2 Å². The fraction of sp³-hybridized carbons (Fsp3) is 0.250. The third kappa shape index (κ3) is 3.76. The Bertz CT molecular complexity index is 880. The topological polar surface area (TPSA) is 70.9 Å². The number of nitrogens with one attached hydrogen (secondary N) is 2. The monoisotopic (exact) mass is 337 g/mol. The lowest BCUT2D eigenvalue weighted by Crippen LogP contribution is -2.22. The Hall–Kier alpha value is -2.77. The van der Waals surface area contributed by atoms with Crippen LogP contribution in [0.5, 0.6) is 0 Å². The lowest BCUT2D eigenvalue weighted by molar-refractivity contribution is -0.127. The zero-order valence-corrected chi connectivity index (χ0v) is 12.7. The quantitative estimate of drug-likeness (QED) is 0.765. The van der Waals surface area contributed by atoms with E-state index < -0.39 is 18.5 Å². The molecule has 2 heterocycles. The van der Waals surface area contributed by atoms with Crippen LogP contribution in [0.25, 0.3) is 10.9 Å². The molecule has 0 bridgehead atoms. The maximum Gasteiger partial charge on any atom is 0.394 e. The normalized spacial score (nSPS) is 11.8. The first kappa shape index (κ1) is 16.1. The standard InChI is InChI=1S/C16H14F3N3O2/c1-9-4-14(24-22-9)15(23)20-8-10-2-3-13-11(5-10)6-12(21-13)7-16(17,18)19/h2-6,21H,7-8H2,1H3,(H,20,23). The maximum absolute atomic E-state index is 12.4. The van der Waals surface area contributed by atoms with Crippen LogP contribution in [-0.2, 0) is 13.0 Å². The average molecular weight is 337 g/mol. The summed E-state index contributed by atoms with van der Waals surface area (Å²) in [6.07, 6.45) is -5.26. The zero-order valence-electron chi connectivity index (χ0n) is 12.7. The van der Waals surface area contributed by atoms with Crippen molar-refractivity contribution in [3.05, 3.63) is 53.0 Å². The SMILES string of the molecule is Cc1cc(C(=O)NCc2ccc3[nH]c(CC(F)(F)F)cc3c2)on1. The highest BCUT2D eigenvalue weighted by Gasteiger charge is 2.28. The van der Waals surface area contributed by atoms with Crippen LogP contribution >= 0.6 is 0 Å². The Balaban J connectivity index is 1.70. The number of hydrogen-bond donors (Lipinski definition) is 2. The van der Waals surface area contributed by atoms with Gasteiger partial charge in [-0.05, 0) is 36.1 Å². The number of amides is 1. The number of rotatable bonds is 4. The van der Waals surface area contributed by atoms with E-state index in [9.17, 15) is 18.0 Å². The van der Waals surface area contributed by atoms with E-state index in [4.69, 9.17) is 4.52 Å². The van der Waals surface area contributed by atoms with Crippen LogP contribution < -0.4 is 5.32 Å². The van der Waals surface area contributed by atoms with Gasteiger partial charge >= 0.3 is 6.18 Å². The van der Waals surface area contributed by atoms with Crippen molar-refractivity contribution in [3.8, 4) is 0 Å². The van der Waals surface area contributed by atoms with Crippen LogP contribution in [0.2, 0.25) is 0 Å². The van der Waals surface area contributed by atoms with Crippen LogP contribution in [0, 0.1) is 6.92 Å². The van der Waals surface area contributed by atoms with E-state index in [0.717, 1.165) is 5.56 Å². The van der Waals surface area contributed by atoms with Gasteiger partial charge in [0.15, 0.2) is 0 Å². The molecule has 0 saturated carbocycles. The molecule has 0 radical (unpaired) electrons. The van der Waals surface area contributed by atoms with Crippen LogP contribution in [0.15, 0.2) is 34.9 Å². The zero-order chi connectivity index (χ0) is 17.3. The van der Waals surface area contributed by atoms with E-state index in [0.29, 0.717) is 16.6 Å². The van der Waals surface area contributed by atoms with Crippen LogP contribution in [0.1, 0.15) is 27.5 Å². The minimum atomic E-state index is -4.26. The van der Waals surface area contributed by atoms with E-state index in [1.807, 2.05) is 0 Å². The number of benzene rings is 1. The number of aromatic amines is 1. The molecule has 0 unspecified atom stereocenters. The minimum Gasteiger partial charge on any atom is -0.358 e. The average Bonchev–Trinajstić information content (AvgIpc) is 3.07. The lowest BCUT2D eigenvalue weighted by atomic mass is 10.1.